The Hall–Kier alpha value is -5.60. The number of hydrogen-bond donors (Lipinski definition) is 0. The zero-order valence-corrected chi connectivity index (χ0v) is 27.8. The molecule has 0 saturated carbocycles. The molecule has 49 heavy (non-hydrogen) atoms. The minimum atomic E-state index is -0.0152. The van der Waals surface area contributed by atoms with Crippen LogP contribution < -0.4 is 9.64 Å². The summed E-state index contributed by atoms with van der Waals surface area (Å²) < 4.78 is 6.89. The number of para-hydroxylation sites is 1. The third-order valence-electron chi connectivity index (χ3n) is 10.4. The fraction of sp³-hybridized carbons (Fsp3) is 0.149. The number of anilines is 3. The van der Waals surface area contributed by atoms with Gasteiger partial charge in [0.2, 0.25) is 0 Å². The molecule has 0 radical (unpaired) electrons. The summed E-state index contributed by atoms with van der Waals surface area (Å²) in [5, 5.41) is 2.32. The lowest BCUT2D eigenvalue weighted by Crippen LogP contribution is -2.14. The van der Waals surface area contributed by atoms with E-state index in [-0.39, 0.29) is 6.10 Å². The number of rotatable bonds is 6. The monoisotopic (exact) mass is 633 g/mol. The van der Waals surface area contributed by atoms with Crippen LogP contribution in [0.5, 0.6) is 5.75 Å². The normalized spacial score (nSPS) is 19.3. The van der Waals surface area contributed by atoms with Crippen molar-refractivity contribution in [3.8, 4) is 5.75 Å². The van der Waals surface area contributed by atoms with Gasteiger partial charge in [0.15, 0.2) is 0 Å². The average Bonchev–Trinajstić information content (AvgIpc) is 3.55. The molecule has 1 heterocycles. The van der Waals surface area contributed by atoms with Crippen LogP contribution in [0.15, 0.2) is 158 Å². The zero-order chi connectivity index (χ0) is 32.7. The van der Waals surface area contributed by atoms with Gasteiger partial charge in [-0.3, -0.25) is 0 Å². The molecular weight excluding hydrogens is 595 g/mol. The first-order valence-corrected chi connectivity index (χ1v) is 17.7. The fourth-order valence-electron chi connectivity index (χ4n) is 7.98. The first kappa shape index (κ1) is 29.5. The van der Waals surface area contributed by atoms with Gasteiger partial charge in [0.25, 0.3) is 0 Å². The van der Waals surface area contributed by atoms with Gasteiger partial charge in [0, 0.05) is 39.7 Å². The molecule has 0 fully saturated rings. The summed E-state index contributed by atoms with van der Waals surface area (Å²) in [4.78, 5) is 2.43. The van der Waals surface area contributed by atoms with Crippen LogP contribution in [0.25, 0.3) is 33.1 Å². The highest BCUT2D eigenvalue weighted by Gasteiger charge is 2.35. The lowest BCUT2D eigenvalue weighted by Gasteiger charge is -2.28. The van der Waals surface area contributed by atoms with E-state index in [1.165, 1.54) is 49.9 Å². The van der Waals surface area contributed by atoms with Crippen LogP contribution in [0, 0.1) is 5.92 Å². The summed E-state index contributed by atoms with van der Waals surface area (Å²) in [7, 11) is 0. The fourth-order valence-corrected chi connectivity index (χ4v) is 7.98. The summed E-state index contributed by atoms with van der Waals surface area (Å²) in [5.41, 5.74) is 13.6. The molecule has 4 aliphatic rings. The van der Waals surface area contributed by atoms with Gasteiger partial charge in [0.05, 0.1) is 5.69 Å². The van der Waals surface area contributed by atoms with E-state index in [4.69, 9.17) is 4.74 Å². The number of fused-ring (bicyclic) bond motifs is 5. The molecule has 0 amide bonds. The Morgan fingerprint density at radius 3 is 2.27 bits per heavy atom. The Balaban J connectivity index is 1.23. The van der Waals surface area contributed by atoms with Crippen LogP contribution >= 0.6 is 0 Å². The highest BCUT2D eigenvalue weighted by Crippen LogP contribution is 2.52. The van der Waals surface area contributed by atoms with Gasteiger partial charge in [-0.25, -0.2) is 0 Å². The van der Waals surface area contributed by atoms with Crippen LogP contribution in [-0.2, 0) is 0 Å². The summed E-state index contributed by atoms with van der Waals surface area (Å²) in [6, 6.07) is 40.1. The van der Waals surface area contributed by atoms with E-state index in [1.807, 2.05) is 0 Å². The molecule has 1 unspecified atom stereocenters. The number of ether oxygens (including phenoxy) is 1. The lowest BCUT2D eigenvalue weighted by atomic mass is 9.85. The first-order valence-electron chi connectivity index (χ1n) is 17.7. The molecule has 5 aromatic carbocycles. The van der Waals surface area contributed by atoms with Crippen molar-refractivity contribution in [2.45, 2.75) is 38.7 Å². The second kappa shape index (κ2) is 12.5. The smallest absolute Gasteiger partial charge is 0.135 e. The Morgan fingerprint density at radius 1 is 0.653 bits per heavy atom. The van der Waals surface area contributed by atoms with E-state index in [0.29, 0.717) is 5.92 Å². The van der Waals surface area contributed by atoms with Gasteiger partial charge in [0.1, 0.15) is 11.9 Å². The van der Waals surface area contributed by atoms with E-state index in [0.717, 1.165) is 53.9 Å². The maximum Gasteiger partial charge on any atom is 0.135 e. The molecule has 9 rings (SSSR count). The molecule has 0 saturated heterocycles. The second-order valence-electron chi connectivity index (χ2n) is 13.5. The van der Waals surface area contributed by atoms with Crippen molar-refractivity contribution < 1.29 is 4.74 Å². The van der Waals surface area contributed by atoms with E-state index < -0.39 is 0 Å². The zero-order valence-electron chi connectivity index (χ0n) is 27.8. The number of nitrogens with zero attached hydrogens (tertiary/aromatic N) is 1. The van der Waals surface area contributed by atoms with Crippen LogP contribution in [0.4, 0.5) is 17.1 Å². The molecule has 5 aromatic rings. The molecule has 2 heteroatoms. The third-order valence-corrected chi connectivity index (χ3v) is 10.4. The summed E-state index contributed by atoms with van der Waals surface area (Å²) in [6.07, 6.45) is 22.3. The van der Waals surface area contributed by atoms with E-state index >= 15 is 0 Å². The molecule has 0 spiro atoms. The van der Waals surface area contributed by atoms with Crippen molar-refractivity contribution in [1.29, 1.82) is 0 Å². The minimum Gasteiger partial charge on any atom is -0.484 e. The third kappa shape index (κ3) is 5.29. The quantitative estimate of drug-likeness (QED) is 0.184. The van der Waals surface area contributed by atoms with Crippen molar-refractivity contribution in [2.24, 2.45) is 5.92 Å². The van der Waals surface area contributed by atoms with Crippen LogP contribution in [0.1, 0.15) is 54.9 Å². The Kier molecular flexibility index (Phi) is 7.50. The van der Waals surface area contributed by atoms with E-state index in [1.54, 1.807) is 0 Å². The van der Waals surface area contributed by atoms with Crippen molar-refractivity contribution in [2.75, 3.05) is 4.90 Å². The maximum absolute atomic E-state index is 6.89. The highest BCUT2D eigenvalue weighted by molar-refractivity contribution is 6.10. The van der Waals surface area contributed by atoms with Crippen molar-refractivity contribution in [3.63, 3.8) is 0 Å². The van der Waals surface area contributed by atoms with Gasteiger partial charge >= 0.3 is 0 Å². The van der Waals surface area contributed by atoms with Crippen LogP contribution in [-0.4, -0.2) is 6.10 Å². The van der Waals surface area contributed by atoms with Gasteiger partial charge in [-0.15, -0.1) is 0 Å². The molecule has 0 bridgehead atoms. The first-order chi connectivity index (χ1) is 24.2. The maximum atomic E-state index is 6.89. The summed E-state index contributed by atoms with van der Waals surface area (Å²) in [6.45, 7) is 2.32. The van der Waals surface area contributed by atoms with Gasteiger partial charge in [-0.05, 0) is 88.9 Å². The largest absolute Gasteiger partial charge is 0.484 e. The van der Waals surface area contributed by atoms with Crippen molar-refractivity contribution in [1.82, 2.24) is 0 Å². The van der Waals surface area contributed by atoms with Gasteiger partial charge < -0.3 is 9.64 Å². The Morgan fingerprint density at radius 2 is 1.45 bits per heavy atom. The second-order valence-corrected chi connectivity index (χ2v) is 13.5. The molecule has 0 aromatic heterocycles. The molecule has 1 aliphatic heterocycles. The van der Waals surface area contributed by atoms with Crippen LogP contribution in [0.2, 0.25) is 0 Å². The molecule has 2 atom stereocenters. The van der Waals surface area contributed by atoms with E-state index in [9.17, 15) is 0 Å². The average molecular weight is 634 g/mol. The molecule has 0 N–H and O–H groups in total. The van der Waals surface area contributed by atoms with Crippen molar-refractivity contribution >= 4 is 50.1 Å². The number of benzene rings is 5. The molecular formula is C47H39NO. The molecule has 2 nitrogen and oxygen atoms in total. The predicted octanol–water partition coefficient (Wildman–Crippen LogP) is 12.7. The van der Waals surface area contributed by atoms with E-state index in [2.05, 4.69) is 170 Å². The lowest BCUT2D eigenvalue weighted by molar-refractivity contribution is 0.282. The molecule has 238 valence electrons. The summed E-state index contributed by atoms with van der Waals surface area (Å²) >= 11 is 0. The predicted molar refractivity (Wildman–Crippen MR) is 207 cm³/mol. The minimum absolute atomic E-state index is 0.0152. The number of hydrogen-bond acceptors (Lipinski definition) is 2. The Labute approximate surface area is 289 Å². The SMILES string of the molecule is C[C@H]1CC=CC=C1c1cccc(N(c2ccccc2)c2cc3c(c4ccccc24)OC2CC=CC(c4ccc(C5=CCCC=C5)cc4)=C32)c1. The number of allylic oxidation sites excluding steroid dienone is 10. The standard InChI is InChI=1S/C47H39NO/c1-32-14-8-9-21-39(32)36-17-12-20-38(30-36)48(37-18-6-3-7-19-37)44-31-43-46-40(35-28-26-34(27-29-35)33-15-4-2-5-16-33)24-13-25-45(46)49-47(43)42-23-11-10-22-41(42)44/h3-4,6-13,15-24,26-32,45H,2,5,14,25H2,1H3/t32-,45?/m0/s1. The van der Waals surface area contributed by atoms with Gasteiger partial charge in [-0.2, -0.15) is 0 Å². The van der Waals surface area contributed by atoms with Crippen LogP contribution in [0.3, 0.4) is 0 Å². The summed E-state index contributed by atoms with van der Waals surface area (Å²) in [5.74, 6) is 1.47. The van der Waals surface area contributed by atoms with Crippen molar-refractivity contribution in [3.05, 3.63) is 180 Å². The topological polar surface area (TPSA) is 12.5 Å². The Bertz CT molecular complexity index is 2260. The highest BCUT2D eigenvalue weighted by atomic mass is 16.5. The van der Waals surface area contributed by atoms with Gasteiger partial charge in [-0.1, -0.05) is 134 Å². The molecule has 3 aliphatic carbocycles.